The van der Waals surface area contributed by atoms with Crippen molar-refractivity contribution < 1.29 is 17.9 Å². The number of aromatic nitrogens is 2. The third-order valence-electron chi connectivity index (χ3n) is 3.79. The van der Waals surface area contributed by atoms with E-state index in [-0.39, 0.29) is 12.0 Å². The Morgan fingerprint density at radius 2 is 2.08 bits per heavy atom. The molecule has 0 saturated carbocycles. The second-order valence-electron chi connectivity index (χ2n) is 6.35. The fourth-order valence-corrected chi connectivity index (χ4v) is 3.48. The molecule has 1 aromatic heterocycles. The summed E-state index contributed by atoms with van der Waals surface area (Å²) in [4.78, 5) is 12.0. The van der Waals surface area contributed by atoms with Gasteiger partial charge >= 0.3 is 0 Å². The molecule has 0 spiro atoms. The van der Waals surface area contributed by atoms with Crippen LogP contribution in [0.5, 0.6) is 0 Å². The van der Waals surface area contributed by atoms with Gasteiger partial charge < -0.3 is 10.1 Å². The van der Waals surface area contributed by atoms with Crippen molar-refractivity contribution in [3.8, 4) is 0 Å². The molecule has 0 aliphatic carbocycles. The fourth-order valence-electron chi connectivity index (χ4n) is 2.65. The van der Waals surface area contributed by atoms with Gasteiger partial charge in [-0.1, -0.05) is 0 Å². The first-order valence-electron chi connectivity index (χ1n) is 8.10. The molecule has 2 rings (SSSR count). The lowest BCUT2D eigenvalue weighted by Crippen LogP contribution is -2.35. The zero-order valence-corrected chi connectivity index (χ0v) is 15.5. The van der Waals surface area contributed by atoms with E-state index >= 15 is 0 Å². The molecule has 0 aromatic carbocycles. The zero-order chi connectivity index (χ0) is 17.9. The van der Waals surface area contributed by atoms with Crippen LogP contribution in [0, 0.1) is 0 Å². The average molecular weight is 358 g/mol. The van der Waals surface area contributed by atoms with E-state index in [4.69, 9.17) is 4.74 Å². The van der Waals surface area contributed by atoms with Crippen LogP contribution in [0.1, 0.15) is 38.6 Å². The number of hydrogen-bond acceptors (Lipinski definition) is 5. The number of hydrogen-bond donors (Lipinski definition) is 1. The van der Waals surface area contributed by atoms with Crippen LogP contribution in [0.2, 0.25) is 0 Å². The van der Waals surface area contributed by atoms with Gasteiger partial charge in [-0.15, -0.1) is 0 Å². The summed E-state index contributed by atoms with van der Waals surface area (Å²) in [7, 11) is -3.23. The Hall–Kier alpha value is -1.45. The van der Waals surface area contributed by atoms with Gasteiger partial charge in [0, 0.05) is 13.1 Å². The van der Waals surface area contributed by atoms with Crippen LogP contribution in [0.4, 0.5) is 0 Å². The second-order valence-corrected chi connectivity index (χ2v) is 8.33. The van der Waals surface area contributed by atoms with Gasteiger partial charge in [-0.2, -0.15) is 9.40 Å². The molecule has 24 heavy (non-hydrogen) atoms. The van der Waals surface area contributed by atoms with Crippen LogP contribution in [0.15, 0.2) is 6.07 Å². The number of aryl methyl sites for hydroxylation is 1. The first-order valence-corrected chi connectivity index (χ1v) is 9.95. The first-order chi connectivity index (χ1) is 11.2. The quantitative estimate of drug-likeness (QED) is 0.798. The molecule has 9 heteroatoms. The van der Waals surface area contributed by atoms with Gasteiger partial charge in [-0.3, -0.25) is 9.48 Å². The lowest BCUT2D eigenvalue weighted by molar-refractivity contribution is -0.134. The monoisotopic (exact) mass is 358 g/mol. The third-order valence-corrected chi connectivity index (χ3v) is 5.04. The minimum atomic E-state index is -3.23. The number of carbonyl (C=O) groups excluding carboxylic acids is 1. The molecule has 0 fully saturated rings. The van der Waals surface area contributed by atoms with Crippen LogP contribution >= 0.6 is 0 Å². The maximum absolute atomic E-state index is 12.0. The van der Waals surface area contributed by atoms with Crippen LogP contribution in [-0.2, 0) is 39.2 Å². The molecule has 1 N–H and O–H groups in total. The summed E-state index contributed by atoms with van der Waals surface area (Å²) >= 11 is 0. The summed E-state index contributed by atoms with van der Waals surface area (Å²) in [5, 5.41) is 7.26. The molecule has 1 aliphatic heterocycles. The number of fused-ring (bicyclic) bond motifs is 1. The number of nitrogens with one attached hydrogen (secondary N) is 1. The number of rotatable bonds is 6. The molecule has 2 heterocycles. The molecular weight excluding hydrogens is 332 g/mol. The Kier molecular flexibility index (Phi) is 6.00. The Morgan fingerprint density at radius 3 is 2.71 bits per heavy atom. The van der Waals surface area contributed by atoms with Crippen molar-refractivity contribution in [1.82, 2.24) is 19.4 Å². The normalized spacial score (nSPS) is 17.4. The topological polar surface area (TPSA) is 93.5 Å². The highest BCUT2D eigenvalue weighted by molar-refractivity contribution is 7.88. The van der Waals surface area contributed by atoms with Gasteiger partial charge in [-0.05, 0) is 33.3 Å². The smallest absolute Gasteiger partial charge is 0.249 e. The summed E-state index contributed by atoms with van der Waals surface area (Å²) in [6, 6.07) is 1.84. The lowest BCUT2D eigenvalue weighted by atomic mass is 10.3. The molecule has 1 aromatic rings. The number of ether oxygens (including phenoxy) is 1. The maximum Gasteiger partial charge on any atom is 0.249 e. The van der Waals surface area contributed by atoms with Gasteiger partial charge in [-0.25, -0.2) is 8.42 Å². The molecule has 1 aliphatic rings. The number of sulfonamides is 1. The van der Waals surface area contributed by atoms with Gasteiger partial charge in [0.05, 0.1) is 36.8 Å². The summed E-state index contributed by atoms with van der Waals surface area (Å²) in [5.74, 6) is -0.190. The number of amides is 1. The van der Waals surface area contributed by atoms with E-state index in [9.17, 15) is 13.2 Å². The third kappa shape index (κ3) is 5.02. The van der Waals surface area contributed by atoms with Crippen molar-refractivity contribution in [2.24, 2.45) is 0 Å². The molecule has 0 radical (unpaired) electrons. The van der Waals surface area contributed by atoms with E-state index in [1.165, 1.54) is 10.6 Å². The first kappa shape index (κ1) is 18.9. The van der Waals surface area contributed by atoms with Crippen LogP contribution in [0.25, 0.3) is 0 Å². The van der Waals surface area contributed by atoms with E-state index in [1.54, 1.807) is 6.92 Å². The van der Waals surface area contributed by atoms with Crippen molar-refractivity contribution in [2.45, 2.75) is 59.0 Å². The highest BCUT2D eigenvalue weighted by Crippen LogP contribution is 2.16. The fraction of sp³-hybridized carbons (Fsp3) is 0.733. The van der Waals surface area contributed by atoms with Gasteiger partial charge in [0.25, 0.3) is 0 Å². The van der Waals surface area contributed by atoms with E-state index in [0.717, 1.165) is 5.69 Å². The molecule has 0 bridgehead atoms. The van der Waals surface area contributed by atoms with Crippen molar-refractivity contribution >= 4 is 15.9 Å². The van der Waals surface area contributed by atoms with Crippen molar-refractivity contribution in [1.29, 1.82) is 0 Å². The van der Waals surface area contributed by atoms with Crippen molar-refractivity contribution in [2.75, 3.05) is 12.8 Å². The average Bonchev–Trinajstić information content (AvgIpc) is 2.73. The Morgan fingerprint density at radius 1 is 1.38 bits per heavy atom. The second kappa shape index (κ2) is 7.62. The molecule has 1 atom stereocenters. The number of carbonyl (C=O) groups is 1. The Labute approximate surface area is 143 Å². The van der Waals surface area contributed by atoms with E-state index in [2.05, 4.69) is 10.4 Å². The Bertz CT molecular complexity index is 684. The molecule has 0 saturated heterocycles. The van der Waals surface area contributed by atoms with Crippen LogP contribution < -0.4 is 5.32 Å². The van der Waals surface area contributed by atoms with E-state index < -0.39 is 16.1 Å². The zero-order valence-electron chi connectivity index (χ0n) is 14.7. The summed E-state index contributed by atoms with van der Waals surface area (Å²) < 4.78 is 32.2. The predicted molar refractivity (Wildman–Crippen MR) is 89.6 cm³/mol. The standard InChI is InChI=1S/C15H26N4O4S/c1-11(2)23-12(3)15(20)16-9-13-8-14-10-18(24(4,21)22)6-5-7-19(14)17-13/h8,11-12H,5-7,9-10H2,1-4H3,(H,16,20). The minimum Gasteiger partial charge on any atom is -0.366 e. The van der Waals surface area contributed by atoms with Gasteiger partial charge in [0.15, 0.2) is 0 Å². The Balaban J connectivity index is 1.99. The molecule has 136 valence electrons. The summed E-state index contributed by atoms with van der Waals surface area (Å²) in [5.41, 5.74) is 1.55. The van der Waals surface area contributed by atoms with Crippen molar-refractivity contribution in [3.63, 3.8) is 0 Å². The summed E-state index contributed by atoms with van der Waals surface area (Å²) in [6.45, 7) is 7.24. The van der Waals surface area contributed by atoms with Crippen LogP contribution in [-0.4, -0.2) is 53.4 Å². The maximum atomic E-state index is 12.0. The molecule has 1 amide bonds. The number of nitrogens with zero attached hydrogens (tertiary/aromatic N) is 3. The van der Waals surface area contributed by atoms with Gasteiger partial charge in [0.1, 0.15) is 6.10 Å². The lowest BCUT2D eigenvalue weighted by Gasteiger charge is -2.16. The summed E-state index contributed by atoms with van der Waals surface area (Å²) in [6.07, 6.45) is 1.39. The van der Waals surface area contributed by atoms with E-state index in [1.807, 2.05) is 24.6 Å². The molecule has 1 unspecified atom stereocenters. The van der Waals surface area contributed by atoms with Crippen molar-refractivity contribution in [3.05, 3.63) is 17.5 Å². The van der Waals surface area contributed by atoms with Crippen LogP contribution in [0.3, 0.4) is 0 Å². The SMILES string of the molecule is CC(C)OC(C)C(=O)NCc1cc2n(n1)CCCN(S(C)(=O)=O)C2. The van der Waals surface area contributed by atoms with Gasteiger partial charge in [0.2, 0.25) is 15.9 Å². The van der Waals surface area contributed by atoms with E-state index in [0.29, 0.717) is 38.3 Å². The highest BCUT2D eigenvalue weighted by Gasteiger charge is 2.23. The highest BCUT2D eigenvalue weighted by atomic mass is 32.2. The molecular formula is C15H26N4O4S. The predicted octanol–water partition coefficient (Wildman–Crippen LogP) is 0.478. The minimum absolute atomic E-state index is 0.0172. The molecule has 8 nitrogen and oxygen atoms in total. The largest absolute Gasteiger partial charge is 0.366 e.